The van der Waals surface area contributed by atoms with Crippen molar-refractivity contribution in [1.29, 1.82) is 0 Å². The summed E-state index contributed by atoms with van der Waals surface area (Å²) in [4.78, 5) is 29.5. The van der Waals surface area contributed by atoms with Crippen LogP contribution in [0.3, 0.4) is 0 Å². The molecular weight excluding hydrogens is 387 g/mol. The van der Waals surface area contributed by atoms with Crippen molar-refractivity contribution in [3.05, 3.63) is 56.4 Å². The van der Waals surface area contributed by atoms with Gasteiger partial charge < -0.3 is 4.90 Å². The summed E-state index contributed by atoms with van der Waals surface area (Å²) in [6, 6.07) is 5.44. The first-order valence-electron chi connectivity index (χ1n) is 9.56. The lowest BCUT2D eigenvalue weighted by atomic mass is 10.1. The zero-order valence-corrected chi connectivity index (χ0v) is 16.2. The third kappa shape index (κ3) is 5.47. The number of piperazine rings is 1. The number of anilines is 1. The number of aromatic nitrogens is 3. The summed E-state index contributed by atoms with van der Waals surface area (Å²) in [5, 5.41) is 3.98. The van der Waals surface area contributed by atoms with Gasteiger partial charge in [0, 0.05) is 38.4 Å². The van der Waals surface area contributed by atoms with Gasteiger partial charge in [0.05, 0.1) is 5.56 Å². The Bertz CT molecular complexity index is 946. The van der Waals surface area contributed by atoms with Crippen LogP contribution in [0.4, 0.5) is 18.9 Å². The van der Waals surface area contributed by atoms with Crippen molar-refractivity contribution in [2.24, 2.45) is 0 Å². The number of aryl methyl sites for hydroxylation is 2. The van der Waals surface area contributed by atoms with Gasteiger partial charge in [0.2, 0.25) is 0 Å². The van der Waals surface area contributed by atoms with Crippen molar-refractivity contribution in [2.45, 2.75) is 32.5 Å². The zero-order chi connectivity index (χ0) is 21.0. The highest BCUT2D eigenvalue weighted by atomic mass is 19.4. The second kappa shape index (κ2) is 8.81. The fourth-order valence-corrected chi connectivity index (χ4v) is 3.38. The number of hydrogen-bond donors (Lipinski definition) is 1. The molecule has 0 spiro atoms. The van der Waals surface area contributed by atoms with Gasteiger partial charge in [0.25, 0.3) is 5.56 Å². The van der Waals surface area contributed by atoms with Crippen molar-refractivity contribution in [3.8, 4) is 0 Å². The molecule has 1 aromatic carbocycles. The molecule has 0 unspecified atom stereocenters. The molecule has 0 amide bonds. The summed E-state index contributed by atoms with van der Waals surface area (Å²) < 4.78 is 39.9. The van der Waals surface area contributed by atoms with E-state index in [0.717, 1.165) is 38.5 Å². The van der Waals surface area contributed by atoms with E-state index in [9.17, 15) is 22.8 Å². The van der Waals surface area contributed by atoms with E-state index < -0.39 is 23.0 Å². The third-order valence-corrected chi connectivity index (χ3v) is 5.06. The first-order valence-corrected chi connectivity index (χ1v) is 9.56. The second-order valence-electron chi connectivity index (χ2n) is 7.15. The first kappa shape index (κ1) is 21.1. The van der Waals surface area contributed by atoms with Gasteiger partial charge in [-0.05, 0) is 44.5 Å². The van der Waals surface area contributed by atoms with E-state index in [-0.39, 0.29) is 5.69 Å². The van der Waals surface area contributed by atoms with Crippen LogP contribution in [0.2, 0.25) is 0 Å². The van der Waals surface area contributed by atoms with Crippen LogP contribution in [-0.4, -0.2) is 52.4 Å². The molecule has 1 fully saturated rings. The van der Waals surface area contributed by atoms with Crippen molar-refractivity contribution in [3.63, 3.8) is 0 Å². The second-order valence-corrected chi connectivity index (χ2v) is 7.15. The number of rotatable bonds is 6. The molecule has 3 rings (SSSR count). The molecule has 0 atom stereocenters. The molecule has 1 aliphatic rings. The van der Waals surface area contributed by atoms with Crippen LogP contribution in [0.15, 0.2) is 33.9 Å². The quantitative estimate of drug-likeness (QED) is 0.735. The molecule has 0 saturated carbocycles. The molecule has 7 nitrogen and oxygen atoms in total. The Hall–Kier alpha value is -2.62. The molecule has 0 radical (unpaired) electrons. The van der Waals surface area contributed by atoms with Crippen LogP contribution < -0.4 is 16.1 Å². The predicted octanol–water partition coefficient (Wildman–Crippen LogP) is 1.86. The van der Waals surface area contributed by atoms with E-state index in [4.69, 9.17) is 0 Å². The van der Waals surface area contributed by atoms with E-state index in [0.29, 0.717) is 25.3 Å². The lowest BCUT2D eigenvalue weighted by Crippen LogP contribution is -2.46. The summed E-state index contributed by atoms with van der Waals surface area (Å²) in [5.74, 6) is 0. The van der Waals surface area contributed by atoms with E-state index in [1.54, 1.807) is 13.0 Å². The maximum absolute atomic E-state index is 12.9. The first-order chi connectivity index (χ1) is 13.7. The largest absolute Gasteiger partial charge is 0.416 e. The lowest BCUT2D eigenvalue weighted by Gasteiger charge is -2.36. The van der Waals surface area contributed by atoms with Crippen molar-refractivity contribution < 1.29 is 13.2 Å². The normalized spacial score (nSPS) is 15.7. The number of nitrogens with one attached hydrogen (secondary N) is 1. The van der Waals surface area contributed by atoms with Crippen molar-refractivity contribution in [2.75, 3.05) is 37.6 Å². The summed E-state index contributed by atoms with van der Waals surface area (Å²) in [5.41, 5.74) is -0.743. The van der Waals surface area contributed by atoms with Crippen LogP contribution in [0.5, 0.6) is 0 Å². The summed E-state index contributed by atoms with van der Waals surface area (Å²) in [6.45, 7) is 5.70. The van der Waals surface area contributed by atoms with Crippen molar-refractivity contribution >= 4 is 5.69 Å². The van der Waals surface area contributed by atoms with E-state index >= 15 is 0 Å². The third-order valence-electron chi connectivity index (χ3n) is 5.06. The fourth-order valence-electron chi connectivity index (χ4n) is 3.38. The fraction of sp³-hybridized carbons (Fsp3) is 0.526. The molecule has 1 saturated heterocycles. The monoisotopic (exact) mass is 411 g/mol. The Morgan fingerprint density at radius 2 is 1.76 bits per heavy atom. The molecule has 2 heterocycles. The van der Waals surface area contributed by atoms with Gasteiger partial charge in [0.15, 0.2) is 0 Å². The molecule has 1 N–H and O–H groups in total. The number of alkyl halides is 3. The molecular formula is C19H24F3N5O2. The van der Waals surface area contributed by atoms with E-state index in [1.807, 2.05) is 4.90 Å². The van der Waals surface area contributed by atoms with Gasteiger partial charge in [-0.2, -0.15) is 18.3 Å². The number of unbranched alkanes of at least 4 members (excludes halogenated alkanes) is 1. The van der Waals surface area contributed by atoms with Crippen LogP contribution >= 0.6 is 0 Å². The summed E-state index contributed by atoms with van der Waals surface area (Å²) in [7, 11) is 0. The van der Waals surface area contributed by atoms with Gasteiger partial charge in [-0.3, -0.25) is 14.7 Å². The minimum atomic E-state index is -4.33. The van der Waals surface area contributed by atoms with Crippen LogP contribution in [0.25, 0.3) is 0 Å². The van der Waals surface area contributed by atoms with E-state index in [1.165, 1.54) is 16.8 Å². The Balaban J connectivity index is 1.44. The number of nitrogens with zero attached hydrogens (tertiary/aromatic N) is 4. The predicted molar refractivity (Wildman–Crippen MR) is 103 cm³/mol. The Kier molecular flexibility index (Phi) is 6.41. The maximum atomic E-state index is 12.9. The molecule has 2 aromatic rings. The van der Waals surface area contributed by atoms with Gasteiger partial charge in [-0.1, -0.05) is 6.07 Å². The van der Waals surface area contributed by atoms with Gasteiger partial charge >= 0.3 is 11.9 Å². The van der Waals surface area contributed by atoms with Gasteiger partial charge in [0.1, 0.15) is 5.69 Å². The van der Waals surface area contributed by atoms with Gasteiger partial charge in [-0.25, -0.2) is 9.48 Å². The number of benzene rings is 1. The Labute approximate surface area is 165 Å². The lowest BCUT2D eigenvalue weighted by molar-refractivity contribution is -0.137. The summed E-state index contributed by atoms with van der Waals surface area (Å²) >= 11 is 0. The molecule has 29 heavy (non-hydrogen) atoms. The molecule has 0 bridgehead atoms. The van der Waals surface area contributed by atoms with E-state index in [2.05, 4.69) is 15.0 Å². The standard InChI is InChI=1S/C19H24F3N5O2/c1-14-17(28)23-18(29)27(24-14)8-3-2-7-25-9-11-26(12-10-25)16-6-4-5-15(13-16)19(20,21)22/h4-6,13H,2-3,7-12H2,1H3,(H,23,28,29). The number of halogens is 3. The minimum Gasteiger partial charge on any atom is -0.369 e. The number of hydrogen-bond acceptors (Lipinski definition) is 5. The van der Waals surface area contributed by atoms with Crippen LogP contribution in [0.1, 0.15) is 24.1 Å². The molecule has 10 heteroatoms. The highest BCUT2D eigenvalue weighted by Crippen LogP contribution is 2.31. The molecule has 1 aromatic heterocycles. The average Bonchev–Trinajstić information content (AvgIpc) is 2.69. The average molecular weight is 411 g/mol. The zero-order valence-electron chi connectivity index (χ0n) is 16.2. The topological polar surface area (TPSA) is 74.2 Å². The maximum Gasteiger partial charge on any atom is 0.416 e. The highest BCUT2D eigenvalue weighted by molar-refractivity contribution is 5.49. The molecule has 0 aliphatic carbocycles. The van der Waals surface area contributed by atoms with Gasteiger partial charge in [-0.15, -0.1) is 0 Å². The van der Waals surface area contributed by atoms with Crippen LogP contribution in [-0.2, 0) is 12.7 Å². The highest BCUT2D eigenvalue weighted by Gasteiger charge is 2.31. The number of aromatic amines is 1. The van der Waals surface area contributed by atoms with Crippen molar-refractivity contribution in [1.82, 2.24) is 19.7 Å². The molecule has 158 valence electrons. The smallest absolute Gasteiger partial charge is 0.369 e. The Morgan fingerprint density at radius 1 is 1.07 bits per heavy atom. The minimum absolute atomic E-state index is 0.260. The number of H-pyrrole nitrogens is 1. The van der Waals surface area contributed by atoms with Crippen LogP contribution in [0, 0.1) is 6.92 Å². The Morgan fingerprint density at radius 3 is 2.45 bits per heavy atom. The SMILES string of the molecule is Cc1nn(CCCCN2CCN(c3cccc(C(F)(F)F)c3)CC2)c(=O)[nH]c1=O. The molecule has 1 aliphatic heterocycles. The summed E-state index contributed by atoms with van der Waals surface area (Å²) in [6.07, 6.45) is -2.74.